The van der Waals surface area contributed by atoms with E-state index < -0.39 is 0 Å². The molecule has 0 atom stereocenters. The average Bonchev–Trinajstić information content (AvgIpc) is 2.83. The van der Waals surface area contributed by atoms with Crippen molar-refractivity contribution in [2.24, 2.45) is 0 Å². The minimum absolute atomic E-state index is 0.0485. The Bertz CT molecular complexity index is 774. The molecule has 4 nitrogen and oxygen atoms in total. The molecular weight excluding hydrogens is 286 g/mol. The maximum Gasteiger partial charge on any atom is 0.256 e. The Labute approximate surface area is 137 Å². The highest BCUT2D eigenvalue weighted by atomic mass is 16.2. The third-order valence-electron chi connectivity index (χ3n) is 4.02. The van der Waals surface area contributed by atoms with Crippen LogP contribution in [0.5, 0.6) is 0 Å². The number of carbonyl (C=O) groups excluding carboxylic acids is 1. The van der Waals surface area contributed by atoms with Gasteiger partial charge in [-0.2, -0.15) is 0 Å². The number of nitrogens with zero attached hydrogens (tertiary/aromatic N) is 2. The predicted octanol–water partition coefficient (Wildman–Crippen LogP) is 3.31. The van der Waals surface area contributed by atoms with Crippen molar-refractivity contribution in [3.8, 4) is 0 Å². The molecule has 0 saturated heterocycles. The molecule has 0 radical (unpaired) electrons. The van der Waals surface area contributed by atoms with Gasteiger partial charge >= 0.3 is 0 Å². The molecule has 0 fully saturated rings. The van der Waals surface area contributed by atoms with E-state index >= 15 is 0 Å². The van der Waals surface area contributed by atoms with Gasteiger partial charge in [0.2, 0.25) is 0 Å². The van der Waals surface area contributed by atoms with Crippen LogP contribution in [-0.2, 0) is 4.79 Å². The second kappa shape index (κ2) is 5.80. The Kier molecular flexibility index (Phi) is 3.82. The van der Waals surface area contributed by atoms with Crippen LogP contribution >= 0.6 is 0 Å². The molecule has 23 heavy (non-hydrogen) atoms. The second-order valence-electron chi connectivity index (χ2n) is 6.12. The van der Waals surface area contributed by atoms with Crippen molar-refractivity contribution in [2.45, 2.75) is 0 Å². The van der Waals surface area contributed by atoms with E-state index in [1.165, 1.54) is 0 Å². The van der Waals surface area contributed by atoms with Crippen molar-refractivity contribution in [2.75, 3.05) is 43.3 Å². The number of fused-ring (bicyclic) bond motifs is 1. The summed E-state index contributed by atoms with van der Waals surface area (Å²) in [6.07, 6.45) is 1.94. The van der Waals surface area contributed by atoms with E-state index in [2.05, 4.69) is 22.3 Å². The largest absolute Gasteiger partial charge is 0.378 e. The maximum absolute atomic E-state index is 12.3. The second-order valence-corrected chi connectivity index (χ2v) is 6.12. The molecule has 2 aromatic rings. The van der Waals surface area contributed by atoms with Crippen LogP contribution in [0.15, 0.2) is 42.5 Å². The van der Waals surface area contributed by atoms with Crippen molar-refractivity contribution in [3.63, 3.8) is 0 Å². The number of benzene rings is 2. The van der Waals surface area contributed by atoms with E-state index in [4.69, 9.17) is 0 Å². The van der Waals surface area contributed by atoms with Crippen molar-refractivity contribution >= 4 is 34.6 Å². The Balaban J connectivity index is 2.00. The average molecular weight is 307 g/mol. The Morgan fingerprint density at radius 3 is 2.09 bits per heavy atom. The molecule has 1 N–H and O–H groups in total. The van der Waals surface area contributed by atoms with Crippen LogP contribution < -0.4 is 15.1 Å². The van der Waals surface area contributed by atoms with Gasteiger partial charge < -0.3 is 15.1 Å². The summed E-state index contributed by atoms with van der Waals surface area (Å²) in [7, 11) is 8.01. The van der Waals surface area contributed by atoms with Crippen molar-refractivity contribution in [1.29, 1.82) is 0 Å². The first-order valence-electron chi connectivity index (χ1n) is 7.58. The zero-order valence-electron chi connectivity index (χ0n) is 13.9. The normalized spacial score (nSPS) is 14.6. The van der Waals surface area contributed by atoms with Crippen LogP contribution in [0.25, 0.3) is 11.6 Å². The lowest BCUT2D eigenvalue weighted by atomic mass is 10.0. The summed E-state index contributed by atoms with van der Waals surface area (Å²) < 4.78 is 0. The number of hydrogen-bond donors (Lipinski definition) is 1. The zero-order valence-corrected chi connectivity index (χ0v) is 13.9. The molecule has 1 heterocycles. The Morgan fingerprint density at radius 2 is 1.48 bits per heavy atom. The van der Waals surface area contributed by atoms with Gasteiger partial charge in [-0.05, 0) is 42.0 Å². The molecule has 0 unspecified atom stereocenters. The number of anilines is 3. The van der Waals surface area contributed by atoms with Gasteiger partial charge in [0.15, 0.2) is 0 Å². The SMILES string of the molecule is CN(C)c1ccc(C=C2C(=O)Nc3ccc(N(C)C)cc32)cc1. The summed E-state index contributed by atoms with van der Waals surface area (Å²) in [5.74, 6) is -0.0485. The van der Waals surface area contributed by atoms with Crippen molar-refractivity contribution < 1.29 is 4.79 Å². The third-order valence-corrected chi connectivity index (χ3v) is 4.02. The van der Waals surface area contributed by atoms with Crippen LogP contribution in [0.4, 0.5) is 17.1 Å². The van der Waals surface area contributed by atoms with E-state index in [0.29, 0.717) is 5.57 Å². The van der Waals surface area contributed by atoms with Crippen molar-refractivity contribution in [1.82, 2.24) is 0 Å². The van der Waals surface area contributed by atoms with E-state index in [1.54, 1.807) is 0 Å². The summed E-state index contributed by atoms with van der Waals surface area (Å²) in [6.45, 7) is 0. The molecule has 0 aliphatic carbocycles. The first kappa shape index (κ1) is 15.2. The topological polar surface area (TPSA) is 35.6 Å². The number of carbonyl (C=O) groups is 1. The molecular formula is C19H21N3O. The lowest BCUT2D eigenvalue weighted by Crippen LogP contribution is -2.08. The first-order valence-corrected chi connectivity index (χ1v) is 7.58. The summed E-state index contributed by atoms with van der Waals surface area (Å²) in [6, 6.07) is 14.2. The van der Waals surface area contributed by atoms with Gasteiger partial charge in [-0.25, -0.2) is 0 Å². The van der Waals surface area contributed by atoms with Gasteiger partial charge in [-0.1, -0.05) is 12.1 Å². The van der Waals surface area contributed by atoms with Crippen LogP contribution in [0.2, 0.25) is 0 Å². The molecule has 1 aliphatic rings. The van der Waals surface area contributed by atoms with Crippen molar-refractivity contribution in [3.05, 3.63) is 53.6 Å². The Morgan fingerprint density at radius 1 is 0.870 bits per heavy atom. The molecule has 4 heteroatoms. The van der Waals surface area contributed by atoms with Gasteiger partial charge in [-0.15, -0.1) is 0 Å². The quantitative estimate of drug-likeness (QED) is 0.884. The summed E-state index contributed by atoms with van der Waals surface area (Å²) in [5, 5.41) is 2.93. The highest BCUT2D eigenvalue weighted by molar-refractivity contribution is 6.35. The molecule has 0 bridgehead atoms. The zero-order chi connectivity index (χ0) is 16.6. The maximum atomic E-state index is 12.3. The van der Waals surface area contributed by atoms with Crippen LogP contribution in [0, 0.1) is 0 Å². The Hall–Kier alpha value is -2.75. The number of hydrogen-bond acceptors (Lipinski definition) is 3. The molecule has 0 saturated carbocycles. The van der Waals surface area contributed by atoms with E-state index in [-0.39, 0.29) is 5.91 Å². The van der Waals surface area contributed by atoms with Crippen LogP contribution in [0.1, 0.15) is 11.1 Å². The molecule has 1 amide bonds. The van der Waals surface area contributed by atoms with E-state index in [0.717, 1.165) is 28.2 Å². The smallest absolute Gasteiger partial charge is 0.256 e. The molecule has 0 spiro atoms. The standard InChI is InChI=1S/C19H21N3O/c1-21(2)14-7-5-13(6-8-14)11-17-16-12-15(22(3)4)9-10-18(16)20-19(17)23/h5-12H,1-4H3,(H,20,23). The first-order chi connectivity index (χ1) is 11.0. The lowest BCUT2D eigenvalue weighted by Gasteiger charge is -2.13. The fraction of sp³-hybridized carbons (Fsp3) is 0.211. The third kappa shape index (κ3) is 2.93. The van der Waals surface area contributed by atoms with Gasteiger partial charge in [0.1, 0.15) is 0 Å². The molecule has 118 valence electrons. The molecule has 3 rings (SSSR count). The minimum atomic E-state index is -0.0485. The lowest BCUT2D eigenvalue weighted by molar-refractivity contribution is -0.110. The fourth-order valence-corrected chi connectivity index (χ4v) is 2.63. The summed E-state index contributed by atoms with van der Waals surface area (Å²) in [4.78, 5) is 16.4. The van der Waals surface area contributed by atoms with Crippen LogP contribution in [0.3, 0.4) is 0 Å². The van der Waals surface area contributed by atoms with E-state index in [9.17, 15) is 4.79 Å². The van der Waals surface area contributed by atoms with Gasteiger partial charge in [-0.3, -0.25) is 4.79 Å². The molecule has 2 aromatic carbocycles. The highest BCUT2D eigenvalue weighted by Crippen LogP contribution is 2.35. The highest BCUT2D eigenvalue weighted by Gasteiger charge is 2.24. The number of rotatable bonds is 3. The summed E-state index contributed by atoms with van der Waals surface area (Å²) in [5.41, 5.74) is 5.77. The fourth-order valence-electron chi connectivity index (χ4n) is 2.63. The predicted molar refractivity (Wildman–Crippen MR) is 98.0 cm³/mol. The number of amides is 1. The number of nitrogens with one attached hydrogen (secondary N) is 1. The molecule has 0 aromatic heterocycles. The van der Waals surface area contributed by atoms with Crippen LogP contribution in [-0.4, -0.2) is 34.1 Å². The summed E-state index contributed by atoms with van der Waals surface area (Å²) >= 11 is 0. The monoisotopic (exact) mass is 307 g/mol. The van der Waals surface area contributed by atoms with Gasteiger partial charge in [0, 0.05) is 56.4 Å². The molecule has 1 aliphatic heterocycles. The minimum Gasteiger partial charge on any atom is -0.378 e. The van der Waals surface area contributed by atoms with E-state index in [1.807, 2.05) is 69.5 Å². The van der Waals surface area contributed by atoms with Gasteiger partial charge in [0.25, 0.3) is 5.91 Å². The van der Waals surface area contributed by atoms with Gasteiger partial charge in [0.05, 0.1) is 0 Å².